The van der Waals surface area contributed by atoms with E-state index in [1.807, 2.05) is 24.3 Å². The molecule has 1 aromatic carbocycles. The molecule has 1 heterocycles. The number of benzene rings is 1. The lowest BCUT2D eigenvalue weighted by molar-refractivity contribution is 0.0524. The van der Waals surface area contributed by atoms with Crippen molar-refractivity contribution in [3.8, 4) is 0 Å². The third kappa shape index (κ3) is 1.25. The van der Waals surface area contributed by atoms with Gasteiger partial charge in [0.05, 0.1) is 0 Å². The van der Waals surface area contributed by atoms with E-state index in [1.165, 1.54) is 5.56 Å². The van der Waals surface area contributed by atoms with Crippen LogP contribution in [0.25, 0.3) is 0 Å². The first kappa shape index (κ1) is 9.47. The summed E-state index contributed by atoms with van der Waals surface area (Å²) in [5, 5.41) is 24.4. The van der Waals surface area contributed by atoms with E-state index in [4.69, 9.17) is 0 Å². The van der Waals surface area contributed by atoms with Crippen molar-refractivity contribution in [2.75, 3.05) is 0 Å². The number of fused-ring (bicyclic) bond motifs is 1. The van der Waals surface area contributed by atoms with Gasteiger partial charge < -0.3 is 5.11 Å². The van der Waals surface area contributed by atoms with Crippen molar-refractivity contribution in [2.45, 2.75) is 24.9 Å². The lowest BCUT2D eigenvalue weighted by Gasteiger charge is -2.31. The van der Waals surface area contributed by atoms with Gasteiger partial charge in [-0.3, -0.25) is 0 Å². The lowest BCUT2D eigenvalue weighted by atomic mass is 9.79. The van der Waals surface area contributed by atoms with E-state index in [0.29, 0.717) is 12.2 Å². The molecule has 0 aliphatic heterocycles. The Labute approximate surface area is 92.5 Å². The predicted octanol–water partition coefficient (Wildman–Crippen LogP) is 0.772. The summed E-state index contributed by atoms with van der Waals surface area (Å²) in [5.41, 5.74) is 0.991. The van der Waals surface area contributed by atoms with Crippen LogP contribution in [0, 0.1) is 0 Å². The molecule has 0 fully saturated rings. The fraction of sp³-hybridized carbons (Fsp3) is 0.364. The first-order valence-electron chi connectivity index (χ1n) is 5.35. The smallest absolute Gasteiger partial charge is 0.210 e. The van der Waals surface area contributed by atoms with Crippen LogP contribution in [0.5, 0.6) is 0 Å². The molecule has 1 aliphatic rings. The summed E-state index contributed by atoms with van der Waals surface area (Å²) in [6, 6.07) is 7.89. The molecule has 0 spiro atoms. The van der Waals surface area contributed by atoms with Crippen LogP contribution in [0.2, 0.25) is 0 Å². The SMILES string of the molecule is OC1(c2nn[nH]n2)CCCc2ccccc21. The van der Waals surface area contributed by atoms with Crippen LogP contribution < -0.4 is 0 Å². The lowest BCUT2D eigenvalue weighted by Crippen LogP contribution is -2.33. The number of tetrazole rings is 1. The standard InChI is InChI=1S/C11H12N4O/c16-11(10-12-14-15-13-10)7-3-5-8-4-1-2-6-9(8)11/h1-2,4,6,16H,3,5,7H2,(H,12,13,14,15). The van der Waals surface area contributed by atoms with Crippen molar-refractivity contribution >= 4 is 0 Å². The van der Waals surface area contributed by atoms with E-state index >= 15 is 0 Å². The fourth-order valence-corrected chi connectivity index (χ4v) is 2.38. The number of aromatic amines is 1. The van der Waals surface area contributed by atoms with Crippen LogP contribution in [-0.2, 0) is 12.0 Å². The van der Waals surface area contributed by atoms with E-state index in [9.17, 15) is 5.11 Å². The van der Waals surface area contributed by atoms with Gasteiger partial charge in [-0.05, 0) is 30.4 Å². The van der Waals surface area contributed by atoms with Gasteiger partial charge in [-0.1, -0.05) is 29.5 Å². The minimum Gasteiger partial charge on any atom is -0.377 e. The maximum Gasteiger partial charge on any atom is 0.210 e. The number of aromatic nitrogens is 4. The van der Waals surface area contributed by atoms with Gasteiger partial charge in [0.25, 0.3) is 0 Å². The van der Waals surface area contributed by atoms with Crippen LogP contribution in [0.1, 0.15) is 29.8 Å². The van der Waals surface area contributed by atoms with Crippen molar-refractivity contribution < 1.29 is 5.11 Å². The summed E-state index contributed by atoms with van der Waals surface area (Å²) in [7, 11) is 0. The number of rotatable bonds is 1. The van der Waals surface area contributed by atoms with E-state index < -0.39 is 5.60 Å². The third-order valence-corrected chi connectivity index (χ3v) is 3.16. The minimum absolute atomic E-state index is 0.361. The molecule has 3 rings (SSSR count). The monoisotopic (exact) mass is 216 g/mol. The highest BCUT2D eigenvalue weighted by molar-refractivity contribution is 5.38. The summed E-state index contributed by atoms with van der Waals surface area (Å²) in [6.45, 7) is 0. The number of hydrogen-bond donors (Lipinski definition) is 2. The van der Waals surface area contributed by atoms with Gasteiger partial charge in [-0.15, -0.1) is 10.2 Å². The zero-order valence-corrected chi connectivity index (χ0v) is 8.72. The van der Waals surface area contributed by atoms with Crippen LogP contribution in [0.4, 0.5) is 0 Å². The largest absolute Gasteiger partial charge is 0.377 e. The van der Waals surface area contributed by atoms with Crippen LogP contribution in [0.15, 0.2) is 24.3 Å². The summed E-state index contributed by atoms with van der Waals surface area (Å²) in [6.07, 6.45) is 2.57. The molecule has 2 N–H and O–H groups in total. The average molecular weight is 216 g/mol. The topological polar surface area (TPSA) is 74.7 Å². The molecule has 1 unspecified atom stereocenters. The Hall–Kier alpha value is -1.75. The first-order chi connectivity index (χ1) is 7.81. The first-order valence-corrected chi connectivity index (χ1v) is 5.35. The molecule has 1 aromatic heterocycles. The van der Waals surface area contributed by atoms with Crippen molar-refractivity contribution in [1.29, 1.82) is 0 Å². The maximum absolute atomic E-state index is 10.7. The Morgan fingerprint density at radius 2 is 2.19 bits per heavy atom. The Morgan fingerprint density at radius 3 is 3.00 bits per heavy atom. The zero-order chi connectivity index (χ0) is 11.0. The summed E-state index contributed by atoms with van der Waals surface area (Å²) >= 11 is 0. The number of nitrogens with zero attached hydrogens (tertiary/aromatic N) is 3. The van der Waals surface area contributed by atoms with Gasteiger partial charge in [0.1, 0.15) is 0 Å². The molecule has 16 heavy (non-hydrogen) atoms. The Morgan fingerprint density at radius 1 is 1.31 bits per heavy atom. The quantitative estimate of drug-likeness (QED) is 0.738. The second kappa shape index (κ2) is 3.38. The van der Waals surface area contributed by atoms with E-state index in [1.54, 1.807) is 0 Å². The average Bonchev–Trinajstić information content (AvgIpc) is 2.84. The van der Waals surface area contributed by atoms with Gasteiger partial charge in [-0.25, -0.2) is 0 Å². The van der Waals surface area contributed by atoms with E-state index in [2.05, 4.69) is 20.6 Å². The summed E-state index contributed by atoms with van der Waals surface area (Å²) in [4.78, 5) is 0. The predicted molar refractivity (Wildman–Crippen MR) is 56.6 cm³/mol. The number of H-pyrrole nitrogens is 1. The molecule has 0 bridgehead atoms. The molecule has 2 aromatic rings. The highest BCUT2D eigenvalue weighted by Gasteiger charge is 2.39. The molecule has 0 saturated heterocycles. The molecular formula is C11H12N4O. The normalized spacial score (nSPS) is 24.1. The Bertz CT molecular complexity index is 496. The van der Waals surface area contributed by atoms with Gasteiger partial charge in [0.2, 0.25) is 5.82 Å². The van der Waals surface area contributed by atoms with E-state index in [0.717, 1.165) is 18.4 Å². The maximum atomic E-state index is 10.7. The molecular weight excluding hydrogens is 204 g/mol. The zero-order valence-electron chi connectivity index (χ0n) is 8.72. The van der Waals surface area contributed by atoms with Gasteiger partial charge in [-0.2, -0.15) is 5.21 Å². The van der Waals surface area contributed by atoms with Crippen molar-refractivity contribution in [2.24, 2.45) is 0 Å². The number of aryl methyl sites for hydroxylation is 1. The van der Waals surface area contributed by atoms with Crippen molar-refractivity contribution in [1.82, 2.24) is 20.6 Å². The fourth-order valence-electron chi connectivity index (χ4n) is 2.38. The Balaban J connectivity index is 2.17. The van der Waals surface area contributed by atoms with Crippen LogP contribution >= 0.6 is 0 Å². The minimum atomic E-state index is -1.08. The Kier molecular flexibility index (Phi) is 2.00. The molecule has 5 heteroatoms. The molecule has 5 nitrogen and oxygen atoms in total. The molecule has 0 radical (unpaired) electrons. The highest BCUT2D eigenvalue weighted by Crippen LogP contribution is 2.38. The second-order valence-corrected chi connectivity index (χ2v) is 4.11. The molecule has 0 saturated carbocycles. The number of hydrogen-bond acceptors (Lipinski definition) is 4. The summed E-state index contributed by atoms with van der Waals surface area (Å²) < 4.78 is 0. The molecule has 1 aliphatic carbocycles. The molecule has 82 valence electrons. The van der Waals surface area contributed by atoms with Gasteiger partial charge in [0.15, 0.2) is 5.60 Å². The van der Waals surface area contributed by atoms with Gasteiger partial charge >= 0.3 is 0 Å². The molecule has 0 amide bonds. The summed E-state index contributed by atoms with van der Waals surface area (Å²) in [5.74, 6) is 0.361. The van der Waals surface area contributed by atoms with Crippen LogP contribution in [0.3, 0.4) is 0 Å². The number of nitrogens with one attached hydrogen (secondary N) is 1. The second-order valence-electron chi connectivity index (χ2n) is 4.11. The third-order valence-electron chi connectivity index (χ3n) is 3.16. The number of aliphatic hydroxyl groups is 1. The highest BCUT2D eigenvalue weighted by atomic mass is 16.3. The van der Waals surface area contributed by atoms with Crippen molar-refractivity contribution in [3.63, 3.8) is 0 Å². The van der Waals surface area contributed by atoms with E-state index in [-0.39, 0.29) is 0 Å². The van der Waals surface area contributed by atoms with Crippen LogP contribution in [-0.4, -0.2) is 25.7 Å². The molecule has 1 atom stereocenters. The van der Waals surface area contributed by atoms with Gasteiger partial charge in [0, 0.05) is 0 Å². The van der Waals surface area contributed by atoms with Crippen molar-refractivity contribution in [3.05, 3.63) is 41.2 Å².